The van der Waals surface area contributed by atoms with Crippen molar-refractivity contribution in [1.82, 2.24) is 9.80 Å². The van der Waals surface area contributed by atoms with Crippen molar-refractivity contribution in [2.45, 2.75) is 19.8 Å². The van der Waals surface area contributed by atoms with Crippen molar-refractivity contribution in [2.24, 2.45) is 0 Å². The number of anilines is 1. The van der Waals surface area contributed by atoms with E-state index in [1.165, 1.54) is 0 Å². The second-order valence-electron chi connectivity index (χ2n) is 5.03. The number of benzene rings is 1. The molecule has 0 spiro atoms. The maximum absolute atomic E-state index is 12.0. The molecule has 20 heavy (non-hydrogen) atoms. The fraction of sp³-hybridized carbons (Fsp3) is 0.467. The normalized spacial score (nSPS) is 15.8. The van der Waals surface area contributed by atoms with Crippen LogP contribution in [0.15, 0.2) is 24.3 Å². The average molecular weight is 275 g/mol. The van der Waals surface area contributed by atoms with Crippen molar-refractivity contribution in [2.75, 3.05) is 31.9 Å². The van der Waals surface area contributed by atoms with Gasteiger partial charge in [-0.1, -0.05) is 25.1 Å². The first-order chi connectivity index (χ1) is 9.63. The lowest BCUT2D eigenvalue weighted by Gasteiger charge is -2.33. The molecule has 1 fully saturated rings. The molecule has 0 unspecified atom stereocenters. The molecule has 0 saturated carbocycles. The molecule has 108 valence electrons. The molecule has 1 aliphatic heterocycles. The molecule has 0 aliphatic carbocycles. The Morgan fingerprint density at radius 3 is 2.25 bits per heavy atom. The summed E-state index contributed by atoms with van der Waals surface area (Å²) >= 11 is 0. The number of nitrogens with two attached hydrogens (primary N) is 1. The Hall–Kier alpha value is -2.04. The minimum atomic E-state index is -0.390. The summed E-state index contributed by atoms with van der Waals surface area (Å²) in [4.78, 5) is 27.2. The van der Waals surface area contributed by atoms with Crippen LogP contribution in [0.2, 0.25) is 0 Å². The lowest BCUT2D eigenvalue weighted by atomic mass is 10.1. The number of amides is 2. The summed E-state index contributed by atoms with van der Waals surface area (Å²) in [7, 11) is 0. The van der Waals surface area contributed by atoms with Crippen LogP contribution in [0, 0.1) is 0 Å². The van der Waals surface area contributed by atoms with E-state index >= 15 is 0 Å². The van der Waals surface area contributed by atoms with E-state index in [2.05, 4.69) is 0 Å². The Balaban J connectivity index is 1.93. The molecule has 1 aromatic rings. The first-order valence-corrected chi connectivity index (χ1v) is 7.05. The van der Waals surface area contributed by atoms with Crippen molar-refractivity contribution in [3.63, 3.8) is 0 Å². The molecule has 2 rings (SSSR count). The molecule has 0 radical (unpaired) electrons. The number of hydrogen-bond acceptors (Lipinski definition) is 3. The lowest BCUT2D eigenvalue weighted by Crippen LogP contribution is -2.54. The van der Waals surface area contributed by atoms with Gasteiger partial charge in [-0.05, 0) is 24.5 Å². The second-order valence-corrected chi connectivity index (χ2v) is 5.03. The topological polar surface area (TPSA) is 66.6 Å². The van der Waals surface area contributed by atoms with Crippen LogP contribution >= 0.6 is 0 Å². The summed E-state index contributed by atoms with van der Waals surface area (Å²) in [6.45, 7) is 4.44. The van der Waals surface area contributed by atoms with Crippen molar-refractivity contribution >= 4 is 17.5 Å². The first kappa shape index (κ1) is 14.4. The number of rotatable bonds is 5. The van der Waals surface area contributed by atoms with Gasteiger partial charge in [-0.15, -0.1) is 0 Å². The van der Waals surface area contributed by atoms with Crippen LogP contribution in [0.4, 0.5) is 5.69 Å². The largest absolute Gasteiger partial charge is 0.399 e. The van der Waals surface area contributed by atoms with Gasteiger partial charge < -0.3 is 15.5 Å². The van der Waals surface area contributed by atoms with Gasteiger partial charge in [-0.25, -0.2) is 0 Å². The predicted octanol–water partition coefficient (Wildman–Crippen LogP) is 0.892. The number of carbonyl (C=O) groups is 2. The third-order valence-electron chi connectivity index (χ3n) is 3.60. The molecule has 1 aliphatic rings. The molecule has 0 aromatic heterocycles. The third kappa shape index (κ3) is 3.10. The number of nitrogen functional groups attached to an aromatic ring is 1. The molecular formula is C15H21N3O2. The van der Waals surface area contributed by atoms with Crippen LogP contribution in [0.25, 0.3) is 0 Å². The fourth-order valence-electron chi connectivity index (χ4n) is 2.43. The molecule has 1 aromatic carbocycles. The molecule has 5 nitrogen and oxygen atoms in total. The number of hydrogen-bond donors (Lipinski definition) is 1. The van der Waals surface area contributed by atoms with Crippen LogP contribution in [0.3, 0.4) is 0 Å². The highest BCUT2D eigenvalue weighted by molar-refractivity contribution is 6.35. The van der Waals surface area contributed by atoms with Gasteiger partial charge in [0.1, 0.15) is 0 Å². The molecular weight excluding hydrogens is 254 g/mol. The zero-order valence-corrected chi connectivity index (χ0v) is 11.8. The minimum Gasteiger partial charge on any atom is -0.399 e. The average Bonchev–Trinajstić information content (AvgIpc) is 2.45. The van der Waals surface area contributed by atoms with E-state index < -0.39 is 0 Å². The van der Waals surface area contributed by atoms with Crippen LogP contribution in [0.1, 0.15) is 18.9 Å². The standard InChI is InChI=1S/C15H21N3O2/c1-2-8-17-10-11-18(15(20)14(17)19)9-7-12-5-3-4-6-13(12)16/h3-6H,2,7-11,16H2,1H3. The summed E-state index contributed by atoms with van der Waals surface area (Å²) in [5.41, 5.74) is 7.63. The van der Waals surface area contributed by atoms with Gasteiger partial charge in [0.25, 0.3) is 0 Å². The number of carbonyl (C=O) groups excluding carboxylic acids is 2. The van der Waals surface area contributed by atoms with Gasteiger partial charge in [0.05, 0.1) is 0 Å². The summed E-state index contributed by atoms with van der Waals surface area (Å²) in [6.07, 6.45) is 1.55. The van der Waals surface area contributed by atoms with Crippen molar-refractivity contribution in [3.8, 4) is 0 Å². The van der Waals surface area contributed by atoms with E-state index in [1.54, 1.807) is 9.80 Å². The Morgan fingerprint density at radius 1 is 1.05 bits per heavy atom. The van der Waals surface area contributed by atoms with Crippen LogP contribution in [-0.4, -0.2) is 47.8 Å². The zero-order chi connectivity index (χ0) is 14.5. The summed E-state index contributed by atoms with van der Waals surface area (Å²) < 4.78 is 0. The number of para-hydroxylation sites is 1. The Labute approximate surface area is 119 Å². The van der Waals surface area contributed by atoms with E-state index in [1.807, 2.05) is 31.2 Å². The molecule has 2 amide bonds. The van der Waals surface area contributed by atoms with E-state index in [0.717, 1.165) is 17.7 Å². The van der Waals surface area contributed by atoms with Gasteiger partial charge in [0, 0.05) is 31.9 Å². The van der Waals surface area contributed by atoms with Crippen LogP contribution in [-0.2, 0) is 16.0 Å². The second kappa shape index (κ2) is 6.41. The summed E-state index contributed by atoms with van der Waals surface area (Å²) in [5, 5.41) is 0. The van der Waals surface area contributed by atoms with Crippen molar-refractivity contribution in [3.05, 3.63) is 29.8 Å². The van der Waals surface area contributed by atoms with Gasteiger partial charge in [0.2, 0.25) is 0 Å². The van der Waals surface area contributed by atoms with Crippen LogP contribution < -0.4 is 5.73 Å². The molecule has 2 N–H and O–H groups in total. The highest BCUT2D eigenvalue weighted by Crippen LogP contribution is 2.13. The van der Waals surface area contributed by atoms with Gasteiger partial charge in [-0.2, -0.15) is 0 Å². The Kier molecular flexibility index (Phi) is 4.61. The quantitative estimate of drug-likeness (QED) is 0.641. The number of piperazine rings is 1. The highest BCUT2D eigenvalue weighted by Gasteiger charge is 2.31. The molecule has 1 saturated heterocycles. The third-order valence-corrected chi connectivity index (χ3v) is 3.60. The molecule has 1 heterocycles. The summed E-state index contributed by atoms with van der Waals surface area (Å²) in [5.74, 6) is -0.765. The minimum absolute atomic E-state index is 0.376. The highest BCUT2D eigenvalue weighted by atomic mass is 16.2. The van der Waals surface area contributed by atoms with Gasteiger partial charge >= 0.3 is 11.8 Å². The van der Waals surface area contributed by atoms with E-state index in [0.29, 0.717) is 32.6 Å². The Bertz CT molecular complexity index is 502. The van der Waals surface area contributed by atoms with E-state index in [-0.39, 0.29) is 11.8 Å². The maximum Gasteiger partial charge on any atom is 0.312 e. The monoisotopic (exact) mass is 275 g/mol. The van der Waals surface area contributed by atoms with Gasteiger partial charge in [0.15, 0.2) is 0 Å². The van der Waals surface area contributed by atoms with Crippen molar-refractivity contribution in [1.29, 1.82) is 0 Å². The molecule has 0 bridgehead atoms. The van der Waals surface area contributed by atoms with E-state index in [4.69, 9.17) is 5.73 Å². The van der Waals surface area contributed by atoms with Crippen molar-refractivity contribution < 1.29 is 9.59 Å². The first-order valence-electron chi connectivity index (χ1n) is 7.05. The van der Waals surface area contributed by atoms with Gasteiger partial charge in [-0.3, -0.25) is 9.59 Å². The smallest absolute Gasteiger partial charge is 0.312 e. The lowest BCUT2D eigenvalue weighted by molar-refractivity contribution is -0.155. The SMILES string of the molecule is CCCN1CCN(CCc2ccccc2N)C(=O)C1=O. The molecule has 0 atom stereocenters. The number of nitrogens with zero attached hydrogens (tertiary/aromatic N) is 2. The maximum atomic E-state index is 12.0. The zero-order valence-electron chi connectivity index (χ0n) is 11.8. The van der Waals surface area contributed by atoms with Crippen LogP contribution in [0.5, 0.6) is 0 Å². The molecule has 5 heteroatoms. The predicted molar refractivity (Wildman–Crippen MR) is 78.0 cm³/mol. The van der Waals surface area contributed by atoms with E-state index in [9.17, 15) is 9.59 Å². The Morgan fingerprint density at radius 2 is 1.65 bits per heavy atom. The fourth-order valence-corrected chi connectivity index (χ4v) is 2.43. The summed E-state index contributed by atoms with van der Waals surface area (Å²) in [6, 6.07) is 7.62.